The van der Waals surface area contributed by atoms with Crippen LogP contribution in [0.3, 0.4) is 0 Å². The predicted molar refractivity (Wildman–Crippen MR) is 67.0 cm³/mol. The Morgan fingerprint density at radius 1 is 1.50 bits per heavy atom. The lowest BCUT2D eigenvalue weighted by atomic mass is 9.94. The molecule has 1 unspecified atom stereocenters. The molecule has 0 aliphatic heterocycles. The van der Waals surface area contributed by atoms with Crippen LogP contribution in [0.4, 0.5) is 0 Å². The molecule has 1 aromatic rings. The van der Waals surface area contributed by atoms with E-state index in [1.165, 1.54) is 0 Å². The van der Waals surface area contributed by atoms with E-state index in [1.807, 2.05) is 25.1 Å². The van der Waals surface area contributed by atoms with Crippen molar-refractivity contribution in [2.24, 2.45) is 0 Å². The zero-order valence-corrected chi connectivity index (χ0v) is 10.6. The minimum absolute atomic E-state index is 0.0400. The van der Waals surface area contributed by atoms with Crippen LogP contribution < -0.4 is 0 Å². The lowest BCUT2D eigenvalue weighted by Crippen LogP contribution is -2.18. The summed E-state index contributed by atoms with van der Waals surface area (Å²) in [6.07, 6.45) is 0.0400. The molecule has 0 saturated heterocycles. The summed E-state index contributed by atoms with van der Waals surface area (Å²) in [6, 6.07) is 7.42. The molecule has 0 N–H and O–H groups in total. The second-order valence-electron chi connectivity index (χ2n) is 4.14. The van der Waals surface area contributed by atoms with Crippen LogP contribution in [0.1, 0.15) is 30.4 Å². The molecule has 0 aliphatic rings. The third-order valence-electron chi connectivity index (χ3n) is 2.60. The van der Waals surface area contributed by atoms with Gasteiger partial charge in [0.1, 0.15) is 0 Å². The Kier molecular flexibility index (Phi) is 5.30. The van der Waals surface area contributed by atoms with Gasteiger partial charge in [-0.3, -0.25) is 14.9 Å². The van der Waals surface area contributed by atoms with Gasteiger partial charge in [0.25, 0.3) is 0 Å². The van der Waals surface area contributed by atoms with Crippen LogP contribution in [-0.4, -0.2) is 24.0 Å². The summed E-state index contributed by atoms with van der Waals surface area (Å²) in [5.41, 5.74) is 1.82. The first-order valence-corrected chi connectivity index (χ1v) is 5.87. The molecule has 5 heteroatoms. The third-order valence-corrected chi connectivity index (χ3v) is 2.60. The van der Waals surface area contributed by atoms with Gasteiger partial charge in [-0.2, -0.15) is 0 Å². The summed E-state index contributed by atoms with van der Waals surface area (Å²) in [4.78, 5) is 21.7. The summed E-state index contributed by atoms with van der Waals surface area (Å²) in [7, 11) is 0. The monoisotopic (exact) mass is 251 g/mol. The van der Waals surface area contributed by atoms with Gasteiger partial charge >= 0.3 is 5.97 Å². The molecule has 1 aromatic carbocycles. The van der Waals surface area contributed by atoms with E-state index in [-0.39, 0.29) is 19.6 Å². The van der Waals surface area contributed by atoms with Gasteiger partial charge in [0.15, 0.2) is 0 Å². The number of nitrogens with zero attached hydrogens (tertiary/aromatic N) is 1. The summed E-state index contributed by atoms with van der Waals surface area (Å²) in [5, 5.41) is 10.7. The Labute approximate surface area is 106 Å². The van der Waals surface area contributed by atoms with Crippen molar-refractivity contribution in [1.82, 2.24) is 0 Å². The van der Waals surface area contributed by atoms with Crippen LogP contribution >= 0.6 is 0 Å². The van der Waals surface area contributed by atoms with E-state index >= 15 is 0 Å². The number of esters is 1. The van der Waals surface area contributed by atoms with E-state index in [9.17, 15) is 14.9 Å². The quantitative estimate of drug-likeness (QED) is 0.442. The van der Waals surface area contributed by atoms with E-state index in [2.05, 4.69) is 0 Å². The number of hydrogen-bond acceptors (Lipinski definition) is 4. The van der Waals surface area contributed by atoms with Crippen LogP contribution in [0.2, 0.25) is 0 Å². The Morgan fingerprint density at radius 2 is 2.22 bits per heavy atom. The number of benzene rings is 1. The van der Waals surface area contributed by atoms with Crippen molar-refractivity contribution in [1.29, 1.82) is 0 Å². The average Bonchev–Trinajstić information content (AvgIpc) is 2.28. The van der Waals surface area contributed by atoms with E-state index in [0.29, 0.717) is 0 Å². The topological polar surface area (TPSA) is 69.4 Å². The fourth-order valence-electron chi connectivity index (χ4n) is 1.81. The second kappa shape index (κ2) is 6.74. The number of nitro groups is 1. The van der Waals surface area contributed by atoms with Gasteiger partial charge in [-0.05, 0) is 19.4 Å². The Balaban J connectivity index is 2.84. The maximum atomic E-state index is 11.4. The molecule has 0 aliphatic carbocycles. The summed E-state index contributed by atoms with van der Waals surface area (Å²) in [5.74, 6) is -0.829. The maximum absolute atomic E-state index is 11.4. The standard InChI is InChI=1S/C13H17NO4/c1-3-18-13(15)8-12(9-14(16)17)11-6-4-5-10(2)7-11/h4-7,12H,3,8-9H2,1-2H3. The third kappa shape index (κ3) is 4.53. The van der Waals surface area contributed by atoms with Gasteiger partial charge in [0.05, 0.1) is 18.9 Å². The van der Waals surface area contributed by atoms with Gasteiger partial charge in [0, 0.05) is 4.92 Å². The van der Waals surface area contributed by atoms with Crippen molar-refractivity contribution in [2.75, 3.05) is 13.2 Å². The highest BCUT2D eigenvalue weighted by molar-refractivity contribution is 5.70. The molecule has 1 atom stereocenters. The number of hydrogen-bond donors (Lipinski definition) is 0. The van der Waals surface area contributed by atoms with Gasteiger partial charge in [-0.1, -0.05) is 29.8 Å². The van der Waals surface area contributed by atoms with Gasteiger partial charge in [0.2, 0.25) is 6.54 Å². The van der Waals surface area contributed by atoms with Crippen LogP contribution in [0, 0.1) is 17.0 Å². The van der Waals surface area contributed by atoms with Gasteiger partial charge in [-0.15, -0.1) is 0 Å². The van der Waals surface area contributed by atoms with E-state index in [4.69, 9.17) is 4.74 Å². The molecule has 0 amide bonds. The molecular weight excluding hydrogens is 234 g/mol. The average molecular weight is 251 g/mol. The molecule has 18 heavy (non-hydrogen) atoms. The SMILES string of the molecule is CCOC(=O)CC(C[N+](=O)[O-])c1cccc(C)c1. The maximum Gasteiger partial charge on any atom is 0.306 e. The van der Waals surface area contributed by atoms with Crippen molar-refractivity contribution in [3.05, 3.63) is 45.5 Å². The van der Waals surface area contributed by atoms with Crippen molar-refractivity contribution in [3.8, 4) is 0 Å². The molecule has 0 heterocycles. The molecule has 5 nitrogen and oxygen atoms in total. The first kappa shape index (κ1) is 14.2. The van der Waals surface area contributed by atoms with Gasteiger partial charge < -0.3 is 4.74 Å². The number of rotatable bonds is 6. The van der Waals surface area contributed by atoms with Crippen LogP contribution in [0.15, 0.2) is 24.3 Å². The van der Waals surface area contributed by atoms with Crippen molar-refractivity contribution in [3.63, 3.8) is 0 Å². The molecule has 98 valence electrons. The van der Waals surface area contributed by atoms with E-state index in [1.54, 1.807) is 13.0 Å². The second-order valence-corrected chi connectivity index (χ2v) is 4.14. The molecule has 0 radical (unpaired) electrons. The molecule has 0 aromatic heterocycles. The Morgan fingerprint density at radius 3 is 2.78 bits per heavy atom. The first-order valence-electron chi connectivity index (χ1n) is 5.87. The van der Waals surface area contributed by atoms with E-state index < -0.39 is 16.8 Å². The highest BCUT2D eigenvalue weighted by Gasteiger charge is 2.22. The van der Waals surface area contributed by atoms with Crippen molar-refractivity contribution in [2.45, 2.75) is 26.2 Å². The molecule has 0 fully saturated rings. The fraction of sp³-hybridized carbons (Fsp3) is 0.462. The van der Waals surface area contributed by atoms with Crippen LogP contribution in [0.25, 0.3) is 0 Å². The zero-order chi connectivity index (χ0) is 13.5. The smallest absolute Gasteiger partial charge is 0.306 e. The summed E-state index contributed by atoms with van der Waals surface area (Å²) >= 11 is 0. The summed E-state index contributed by atoms with van der Waals surface area (Å²) < 4.78 is 4.84. The molecule has 0 saturated carbocycles. The first-order chi connectivity index (χ1) is 8.52. The highest BCUT2D eigenvalue weighted by atomic mass is 16.6. The van der Waals surface area contributed by atoms with E-state index in [0.717, 1.165) is 11.1 Å². The summed E-state index contributed by atoms with van der Waals surface area (Å²) in [6.45, 7) is 3.66. The minimum Gasteiger partial charge on any atom is -0.466 e. The number of carbonyl (C=O) groups excluding carboxylic acids is 1. The largest absolute Gasteiger partial charge is 0.466 e. The van der Waals surface area contributed by atoms with Crippen LogP contribution in [-0.2, 0) is 9.53 Å². The lowest BCUT2D eigenvalue weighted by molar-refractivity contribution is -0.483. The fourth-order valence-corrected chi connectivity index (χ4v) is 1.81. The highest BCUT2D eigenvalue weighted by Crippen LogP contribution is 2.21. The number of carbonyl (C=O) groups is 1. The molecule has 1 rings (SSSR count). The number of ether oxygens (including phenoxy) is 1. The Hall–Kier alpha value is -1.91. The zero-order valence-electron chi connectivity index (χ0n) is 10.6. The normalized spacial score (nSPS) is 11.9. The molecular formula is C13H17NO4. The number of aryl methyl sites for hydroxylation is 1. The minimum atomic E-state index is -0.432. The lowest BCUT2D eigenvalue weighted by Gasteiger charge is -2.13. The molecule has 0 spiro atoms. The molecule has 0 bridgehead atoms. The van der Waals surface area contributed by atoms with Gasteiger partial charge in [-0.25, -0.2) is 0 Å². The van der Waals surface area contributed by atoms with Crippen molar-refractivity contribution < 1.29 is 14.5 Å². The van der Waals surface area contributed by atoms with Crippen molar-refractivity contribution >= 4 is 5.97 Å². The van der Waals surface area contributed by atoms with Crippen LogP contribution in [0.5, 0.6) is 0 Å². The Bertz CT molecular complexity index is 431. The predicted octanol–water partition coefficient (Wildman–Crippen LogP) is 2.31.